The summed E-state index contributed by atoms with van der Waals surface area (Å²) < 4.78 is 0. The average Bonchev–Trinajstić information content (AvgIpc) is 3.31. The topological polar surface area (TPSA) is 78.6 Å². The van der Waals surface area contributed by atoms with Gasteiger partial charge in [-0.25, -0.2) is 9.97 Å². The van der Waals surface area contributed by atoms with Crippen molar-refractivity contribution in [3.05, 3.63) is 30.6 Å². The van der Waals surface area contributed by atoms with Gasteiger partial charge < -0.3 is 15.5 Å². The minimum absolute atomic E-state index is 0.126. The van der Waals surface area contributed by atoms with Crippen molar-refractivity contribution in [1.82, 2.24) is 19.8 Å². The fourth-order valence-corrected chi connectivity index (χ4v) is 5.03. The highest BCUT2D eigenvalue weighted by Gasteiger charge is 2.24. The van der Waals surface area contributed by atoms with Gasteiger partial charge in [0.15, 0.2) is 0 Å². The summed E-state index contributed by atoms with van der Waals surface area (Å²) >= 11 is 1.81. The summed E-state index contributed by atoms with van der Waals surface area (Å²) in [5.74, 6) is 3.01. The van der Waals surface area contributed by atoms with Crippen LogP contribution in [0.15, 0.2) is 30.6 Å². The van der Waals surface area contributed by atoms with Crippen LogP contribution in [-0.4, -0.2) is 82.6 Å². The van der Waals surface area contributed by atoms with Gasteiger partial charge in [-0.05, 0) is 31.5 Å². The Hall–Kier alpha value is -1.90. The van der Waals surface area contributed by atoms with E-state index in [2.05, 4.69) is 25.8 Å². The van der Waals surface area contributed by atoms with Gasteiger partial charge in [0.05, 0.1) is 17.4 Å². The number of fused-ring (bicyclic) bond motifs is 1. The highest BCUT2D eigenvalue weighted by Crippen LogP contribution is 2.23. The van der Waals surface area contributed by atoms with Crippen LogP contribution in [0.1, 0.15) is 19.3 Å². The summed E-state index contributed by atoms with van der Waals surface area (Å²) in [6, 6.07) is 7.86. The zero-order valence-corrected chi connectivity index (χ0v) is 17.7. The second-order valence-corrected chi connectivity index (χ2v) is 8.86. The molecule has 7 nitrogen and oxygen atoms in total. The molecule has 1 amide bonds. The number of carbonyl (C=O) groups excluding carboxylic acids is 1. The molecule has 1 atom stereocenters. The Bertz CT molecular complexity index is 814. The van der Waals surface area contributed by atoms with Crippen LogP contribution in [0.3, 0.4) is 0 Å². The number of piperazine rings is 1. The molecule has 2 fully saturated rings. The summed E-state index contributed by atoms with van der Waals surface area (Å²) in [4.78, 5) is 27.9. The van der Waals surface area contributed by atoms with E-state index in [-0.39, 0.29) is 11.9 Å². The zero-order valence-electron chi connectivity index (χ0n) is 16.9. The number of rotatable bonds is 7. The predicted molar refractivity (Wildman–Crippen MR) is 119 cm³/mol. The maximum atomic E-state index is 12.3. The molecule has 1 aromatic carbocycles. The van der Waals surface area contributed by atoms with Gasteiger partial charge in [0, 0.05) is 43.9 Å². The van der Waals surface area contributed by atoms with Crippen LogP contribution in [0.25, 0.3) is 10.9 Å². The quantitative estimate of drug-likeness (QED) is 0.692. The Kier molecular flexibility index (Phi) is 6.84. The minimum Gasteiger partial charge on any atom is -0.353 e. The first kappa shape index (κ1) is 20.4. The van der Waals surface area contributed by atoms with Crippen LogP contribution in [-0.2, 0) is 4.79 Å². The molecule has 2 aromatic rings. The molecule has 1 aromatic heterocycles. The van der Waals surface area contributed by atoms with Crippen molar-refractivity contribution < 1.29 is 4.79 Å². The molecular formula is C21H30N6OS. The normalized spacial score (nSPS) is 19.1. The number of hydrogen-bond acceptors (Lipinski definition) is 7. The molecule has 3 heterocycles. The number of nitrogens with zero attached hydrogens (tertiary/aromatic N) is 5. The van der Waals surface area contributed by atoms with E-state index in [9.17, 15) is 4.79 Å². The molecule has 0 saturated carbocycles. The van der Waals surface area contributed by atoms with Crippen molar-refractivity contribution in [2.75, 3.05) is 55.8 Å². The van der Waals surface area contributed by atoms with E-state index in [0.717, 1.165) is 86.9 Å². The molecule has 0 unspecified atom stereocenters. The number of anilines is 1. The largest absolute Gasteiger partial charge is 0.353 e. The van der Waals surface area contributed by atoms with Gasteiger partial charge >= 0.3 is 0 Å². The maximum Gasteiger partial charge on any atom is 0.240 e. The molecule has 2 N–H and O–H groups in total. The number of benzene rings is 1. The van der Waals surface area contributed by atoms with Gasteiger partial charge in [0.25, 0.3) is 0 Å². The molecule has 2 aliphatic heterocycles. The van der Waals surface area contributed by atoms with E-state index in [1.165, 1.54) is 0 Å². The molecule has 0 radical (unpaired) electrons. The number of amides is 1. The average molecular weight is 415 g/mol. The minimum atomic E-state index is -0.336. The Labute approximate surface area is 176 Å². The molecular weight excluding hydrogens is 384 g/mol. The van der Waals surface area contributed by atoms with Crippen LogP contribution in [0.2, 0.25) is 0 Å². The molecule has 2 saturated heterocycles. The Morgan fingerprint density at radius 1 is 1.10 bits per heavy atom. The second-order valence-electron chi connectivity index (χ2n) is 7.78. The van der Waals surface area contributed by atoms with Crippen LogP contribution >= 0.6 is 11.8 Å². The van der Waals surface area contributed by atoms with Gasteiger partial charge in [-0.1, -0.05) is 18.6 Å². The number of unbranched alkanes of at least 4 members (excludes halogenated alkanes) is 1. The summed E-state index contributed by atoms with van der Waals surface area (Å²) in [7, 11) is 0. The zero-order chi connectivity index (χ0) is 20.1. The highest BCUT2D eigenvalue weighted by atomic mass is 32.2. The van der Waals surface area contributed by atoms with Gasteiger partial charge in [0.2, 0.25) is 5.91 Å². The lowest BCUT2D eigenvalue weighted by molar-refractivity contribution is -0.131. The SMILES string of the molecule is N[C@@H](CCCCN1CCN(c2ncnc3ccccc23)CC1)C(=O)N1CCSC1. The number of carbonyl (C=O) groups is 1. The van der Waals surface area contributed by atoms with Crippen molar-refractivity contribution in [3.8, 4) is 0 Å². The number of aromatic nitrogens is 2. The Morgan fingerprint density at radius 3 is 2.72 bits per heavy atom. The van der Waals surface area contributed by atoms with Crippen LogP contribution in [0.5, 0.6) is 0 Å². The van der Waals surface area contributed by atoms with Gasteiger partial charge in [-0.3, -0.25) is 9.69 Å². The Morgan fingerprint density at radius 2 is 1.93 bits per heavy atom. The molecule has 0 spiro atoms. The van der Waals surface area contributed by atoms with Crippen molar-refractivity contribution in [3.63, 3.8) is 0 Å². The smallest absolute Gasteiger partial charge is 0.240 e. The van der Waals surface area contributed by atoms with Crippen molar-refractivity contribution in [1.29, 1.82) is 0 Å². The summed E-state index contributed by atoms with van der Waals surface area (Å²) in [6.45, 7) is 5.95. The number of hydrogen-bond donors (Lipinski definition) is 1. The Balaban J connectivity index is 1.19. The maximum absolute atomic E-state index is 12.3. The predicted octanol–water partition coefficient (Wildman–Crippen LogP) is 1.78. The first-order valence-electron chi connectivity index (χ1n) is 10.5. The summed E-state index contributed by atoms with van der Waals surface area (Å²) in [5.41, 5.74) is 7.11. The van der Waals surface area contributed by atoms with E-state index in [0.29, 0.717) is 0 Å². The molecule has 8 heteroatoms. The van der Waals surface area contributed by atoms with Crippen LogP contribution in [0.4, 0.5) is 5.82 Å². The lowest BCUT2D eigenvalue weighted by atomic mass is 10.1. The standard InChI is InChI=1S/C21H30N6OS/c22-18(21(28)27-13-14-29-16-27)6-3-4-8-25-9-11-26(12-10-25)20-17-5-1-2-7-19(17)23-15-24-20/h1-2,5,7,15,18H,3-4,6,8-14,16,22H2/t18-/m0/s1. The van der Waals surface area contributed by atoms with Crippen LogP contribution in [0, 0.1) is 0 Å². The molecule has 29 heavy (non-hydrogen) atoms. The van der Waals surface area contributed by atoms with Gasteiger partial charge in [-0.15, -0.1) is 11.8 Å². The first-order valence-corrected chi connectivity index (χ1v) is 11.7. The van der Waals surface area contributed by atoms with E-state index >= 15 is 0 Å². The first-order chi connectivity index (χ1) is 14.2. The summed E-state index contributed by atoms with van der Waals surface area (Å²) in [6.07, 6.45) is 4.54. The number of para-hydroxylation sites is 1. The van der Waals surface area contributed by atoms with Gasteiger partial charge in [0.1, 0.15) is 12.1 Å². The monoisotopic (exact) mass is 414 g/mol. The van der Waals surface area contributed by atoms with Crippen LogP contribution < -0.4 is 10.6 Å². The fraction of sp³-hybridized carbons (Fsp3) is 0.571. The third-order valence-electron chi connectivity index (χ3n) is 5.81. The van der Waals surface area contributed by atoms with Crippen molar-refractivity contribution in [2.24, 2.45) is 5.73 Å². The van der Waals surface area contributed by atoms with E-state index < -0.39 is 0 Å². The third-order valence-corrected chi connectivity index (χ3v) is 6.78. The molecule has 156 valence electrons. The molecule has 2 aliphatic rings. The second kappa shape index (κ2) is 9.73. The van der Waals surface area contributed by atoms with E-state index in [1.807, 2.05) is 23.1 Å². The lowest BCUT2D eigenvalue weighted by Gasteiger charge is -2.35. The highest BCUT2D eigenvalue weighted by molar-refractivity contribution is 7.99. The molecule has 0 bridgehead atoms. The summed E-state index contributed by atoms with van der Waals surface area (Å²) in [5, 5.41) is 1.12. The lowest BCUT2D eigenvalue weighted by Crippen LogP contribution is -2.47. The molecule has 4 rings (SSSR count). The van der Waals surface area contributed by atoms with E-state index in [4.69, 9.17) is 5.73 Å². The molecule has 0 aliphatic carbocycles. The van der Waals surface area contributed by atoms with Gasteiger partial charge in [-0.2, -0.15) is 0 Å². The third kappa shape index (κ3) is 4.99. The number of nitrogens with two attached hydrogens (primary N) is 1. The fourth-order valence-electron chi connectivity index (χ4n) is 4.07. The van der Waals surface area contributed by atoms with Crippen molar-refractivity contribution >= 4 is 34.4 Å². The van der Waals surface area contributed by atoms with E-state index in [1.54, 1.807) is 18.1 Å². The van der Waals surface area contributed by atoms with Crippen molar-refractivity contribution in [2.45, 2.75) is 25.3 Å². The number of thioether (sulfide) groups is 1.